The standard InChI is InChI=1S/C14H28N4O3S/c1-22(20,21)18-12-10-17(11-13-18)14(19)15-6-2-3-7-16-8-4-5-9-16/h2-13H2,1H3,(H,15,19). The third-order valence-electron chi connectivity index (χ3n) is 4.37. The van der Waals surface area contributed by atoms with E-state index < -0.39 is 10.0 Å². The Morgan fingerprint density at radius 3 is 2.23 bits per heavy atom. The van der Waals surface area contributed by atoms with Crippen LogP contribution in [0.15, 0.2) is 0 Å². The third-order valence-corrected chi connectivity index (χ3v) is 5.67. The highest BCUT2D eigenvalue weighted by Crippen LogP contribution is 2.08. The maximum Gasteiger partial charge on any atom is 0.317 e. The van der Waals surface area contributed by atoms with Gasteiger partial charge in [-0.1, -0.05) is 0 Å². The van der Waals surface area contributed by atoms with E-state index in [0.29, 0.717) is 32.7 Å². The zero-order valence-corrected chi connectivity index (χ0v) is 14.3. The molecule has 0 aliphatic carbocycles. The van der Waals surface area contributed by atoms with Gasteiger partial charge in [-0.05, 0) is 45.3 Å². The predicted octanol–water partition coefficient (Wildman–Crippen LogP) is 0.149. The predicted molar refractivity (Wildman–Crippen MR) is 86.3 cm³/mol. The molecule has 8 heteroatoms. The summed E-state index contributed by atoms with van der Waals surface area (Å²) in [6.07, 6.45) is 5.95. The van der Waals surface area contributed by atoms with Crippen LogP contribution < -0.4 is 5.32 Å². The van der Waals surface area contributed by atoms with Crippen molar-refractivity contribution in [1.29, 1.82) is 0 Å². The van der Waals surface area contributed by atoms with E-state index in [-0.39, 0.29) is 6.03 Å². The second kappa shape index (κ2) is 8.12. The average molecular weight is 332 g/mol. The minimum Gasteiger partial charge on any atom is -0.338 e. The van der Waals surface area contributed by atoms with Crippen molar-refractivity contribution in [3.8, 4) is 0 Å². The fourth-order valence-corrected chi connectivity index (χ4v) is 3.82. The number of sulfonamides is 1. The SMILES string of the molecule is CS(=O)(=O)N1CCN(C(=O)NCCCCN2CCCC2)CC1. The monoisotopic (exact) mass is 332 g/mol. The van der Waals surface area contributed by atoms with Gasteiger partial charge < -0.3 is 15.1 Å². The first-order valence-corrected chi connectivity index (χ1v) is 10.0. The molecule has 2 rings (SSSR count). The fraction of sp³-hybridized carbons (Fsp3) is 0.929. The van der Waals surface area contributed by atoms with E-state index in [4.69, 9.17) is 0 Å². The molecule has 2 fully saturated rings. The van der Waals surface area contributed by atoms with Crippen LogP contribution in [0.2, 0.25) is 0 Å². The van der Waals surface area contributed by atoms with Crippen molar-refractivity contribution in [2.75, 3.05) is 58.6 Å². The van der Waals surface area contributed by atoms with Crippen molar-refractivity contribution in [1.82, 2.24) is 19.4 Å². The van der Waals surface area contributed by atoms with Gasteiger partial charge in [-0.3, -0.25) is 0 Å². The lowest BCUT2D eigenvalue weighted by molar-refractivity contribution is 0.172. The van der Waals surface area contributed by atoms with E-state index in [0.717, 1.165) is 19.4 Å². The Kier molecular flexibility index (Phi) is 6.46. The molecule has 0 spiro atoms. The van der Waals surface area contributed by atoms with Crippen LogP contribution in [0.3, 0.4) is 0 Å². The van der Waals surface area contributed by atoms with Crippen molar-refractivity contribution in [3.63, 3.8) is 0 Å². The second-order valence-corrected chi connectivity index (χ2v) is 8.12. The number of nitrogens with one attached hydrogen (secondary N) is 1. The molecule has 0 radical (unpaired) electrons. The molecular weight excluding hydrogens is 304 g/mol. The van der Waals surface area contributed by atoms with Gasteiger partial charge in [-0.25, -0.2) is 13.2 Å². The summed E-state index contributed by atoms with van der Waals surface area (Å²) in [6.45, 7) is 5.97. The topological polar surface area (TPSA) is 73.0 Å². The molecule has 0 aromatic carbocycles. The van der Waals surface area contributed by atoms with Crippen LogP contribution in [0.1, 0.15) is 25.7 Å². The highest BCUT2D eigenvalue weighted by atomic mass is 32.2. The maximum absolute atomic E-state index is 12.0. The first kappa shape index (κ1) is 17.5. The summed E-state index contributed by atoms with van der Waals surface area (Å²) < 4.78 is 24.3. The summed E-state index contributed by atoms with van der Waals surface area (Å²) >= 11 is 0. The van der Waals surface area contributed by atoms with E-state index in [9.17, 15) is 13.2 Å². The lowest BCUT2D eigenvalue weighted by atomic mass is 10.3. The number of rotatable bonds is 6. The first-order valence-electron chi connectivity index (χ1n) is 8.17. The van der Waals surface area contributed by atoms with Gasteiger partial charge >= 0.3 is 6.03 Å². The Hall–Kier alpha value is -0.860. The average Bonchev–Trinajstić information content (AvgIpc) is 2.99. The molecule has 0 unspecified atom stereocenters. The summed E-state index contributed by atoms with van der Waals surface area (Å²) in [6, 6.07) is -0.0747. The van der Waals surface area contributed by atoms with Crippen LogP contribution in [-0.4, -0.2) is 87.2 Å². The van der Waals surface area contributed by atoms with Gasteiger partial charge in [-0.15, -0.1) is 0 Å². The Bertz CT molecular complexity index is 455. The number of likely N-dealkylation sites (tertiary alicyclic amines) is 1. The van der Waals surface area contributed by atoms with E-state index in [1.807, 2.05) is 0 Å². The van der Waals surface area contributed by atoms with Gasteiger partial charge in [-0.2, -0.15) is 4.31 Å². The highest BCUT2D eigenvalue weighted by molar-refractivity contribution is 7.88. The molecule has 2 heterocycles. The fourth-order valence-electron chi connectivity index (χ4n) is 3.00. The molecule has 0 atom stereocenters. The number of hydrogen-bond donors (Lipinski definition) is 1. The molecule has 0 saturated carbocycles. The molecule has 22 heavy (non-hydrogen) atoms. The van der Waals surface area contributed by atoms with Gasteiger partial charge in [0.25, 0.3) is 0 Å². The molecule has 128 valence electrons. The van der Waals surface area contributed by atoms with Crippen LogP contribution in [0.4, 0.5) is 4.79 Å². The van der Waals surface area contributed by atoms with Crippen LogP contribution in [0.5, 0.6) is 0 Å². The summed E-state index contributed by atoms with van der Waals surface area (Å²) in [5, 5.41) is 2.93. The molecule has 0 aromatic heterocycles. The Morgan fingerprint density at radius 1 is 1.00 bits per heavy atom. The Balaban J connectivity index is 1.56. The quantitative estimate of drug-likeness (QED) is 0.703. The normalized spacial score (nSPS) is 21.2. The van der Waals surface area contributed by atoms with Crippen molar-refractivity contribution in [3.05, 3.63) is 0 Å². The number of nitrogens with zero attached hydrogens (tertiary/aromatic N) is 3. The lowest BCUT2D eigenvalue weighted by Gasteiger charge is -2.33. The smallest absolute Gasteiger partial charge is 0.317 e. The summed E-state index contributed by atoms with van der Waals surface area (Å²) in [5.74, 6) is 0. The molecule has 2 aliphatic heterocycles. The summed E-state index contributed by atoms with van der Waals surface area (Å²) in [4.78, 5) is 16.2. The lowest BCUT2D eigenvalue weighted by Crippen LogP contribution is -2.53. The van der Waals surface area contributed by atoms with Gasteiger partial charge in [0.15, 0.2) is 0 Å². The van der Waals surface area contributed by atoms with Gasteiger partial charge in [0, 0.05) is 32.7 Å². The molecule has 2 aliphatic rings. The zero-order chi connectivity index (χ0) is 16.0. The minimum absolute atomic E-state index is 0.0747. The summed E-state index contributed by atoms with van der Waals surface area (Å²) in [5.41, 5.74) is 0. The first-order chi connectivity index (χ1) is 10.5. The number of urea groups is 1. The van der Waals surface area contributed by atoms with Crippen molar-refractivity contribution < 1.29 is 13.2 Å². The van der Waals surface area contributed by atoms with Crippen LogP contribution in [0.25, 0.3) is 0 Å². The van der Waals surface area contributed by atoms with Crippen molar-refractivity contribution >= 4 is 16.1 Å². The Labute approximate surface area is 133 Å². The van der Waals surface area contributed by atoms with Gasteiger partial charge in [0.2, 0.25) is 10.0 Å². The number of carbonyl (C=O) groups excluding carboxylic acids is 1. The minimum atomic E-state index is -3.14. The number of unbranched alkanes of at least 4 members (excludes halogenated alkanes) is 1. The van der Waals surface area contributed by atoms with Crippen molar-refractivity contribution in [2.45, 2.75) is 25.7 Å². The van der Waals surface area contributed by atoms with E-state index in [1.165, 1.54) is 36.5 Å². The van der Waals surface area contributed by atoms with Crippen LogP contribution in [0, 0.1) is 0 Å². The largest absolute Gasteiger partial charge is 0.338 e. The molecule has 0 bridgehead atoms. The second-order valence-electron chi connectivity index (χ2n) is 6.14. The number of amides is 2. The number of piperazine rings is 1. The van der Waals surface area contributed by atoms with E-state index >= 15 is 0 Å². The maximum atomic E-state index is 12.0. The van der Waals surface area contributed by atoms with Crippen LogP contribution in [-0.2, 0) is 10.0 Å². The molecule has 0 aromatic rings. The molecule has 7 nitrogen and oxygen atoms in total. The van der Waals surface area contributed by atoms with Crippen molar-refractivity contribution in [2.24, 2.45) is 0 Å². The molecule has 2 amide bonds. The number of hydrogen-bond acceptors (Lipinski definition) is 4. The third kappa shape index (κ3) is 5.40. The molecular formula is C14H28N4O3S. The number of carbonyl (C=O) groups is 1. The molecule has 1 N–H and O–H groups in total. The van der Waals surface area contributed by atoms with E-state index in [2.05, 4.69) is 10.2 Å². The highest BCUT2D eigenvalue weighted by Gasteiger charge is 2.25. The Morgan fingerprint density at radius 2 is 1.64 bits per heavy atom. The zero-order valence-electron chi connectivity index (χ0n) is 13.5. The van der Waals surface area contributed by atoms with Crippen LogP contribution >= 0.6 is 0 Å². The van der Waals surface area contributed by atoms with E-state index in [1.54, 1.807) is 4.90 Å². The summed E-state index contributed by atoms with van der Waals surface area (Å²) in [7, 11) is -3.14. The molecule has 2 saturated heterocycles. The van der Waals surface area contributed by atoms with Gasteiger partial charge in [0.1, 0.15) is 0 Å². The van der Waals surface area contributed by atoms with Gasteiger partial charge in [0.05, 0.1) is 6.26 Å².